The second-order valence-electron chi connectivity index (χ2n) is 4.92. The zero-order valence-electron chi connectivity index (χ0n) is 11.5. The topological polar surface area (TPSA) is 61.4 Å². The van der Waals surface area contributed by atoms with Gasteiger partial charge >= 0.3 is 0 Å². The van der Waals surface area contributed by atoms with E-state index in [-0.39, 0.29) is 11.8 Å². The zero-order valence-corrected chi connectivity index (χ0v) is 11.5. The van der Waals surface area contributed by atoms with Crippen molar-refractivity contribution in [2.24, 2.45) is 0 Å². The van der Waals surface area contributed by atoms with Crippen LogP contribution in [0.2, 0.25) is 0 Å². The van der Waals surface area contributed by atoms with Gasteiger partial charge in [0.05, 0.1) is 0 Å². The Kier molecular flexibility index (Phi) is 6.72. The first-order valence-corrected chi connectivity index (χ1v) is 6.81. The highest BCUT2D eigenvalue weighted by atomic mass is 16.2. The molecule has 5 heteroatoms. The molecular formula is C13H25N3O2. The number of nitrogens with one attached hydrogen (secondary N) is 2. The van der Waals surface area contributed by atoms with E-state index >= 15 is 0 Å². The van der Waals surface area contributed by atoms with Crippen LogP contribution in [0.3, 0.4) is 0 Å². The minimum Gasteiger partial charge on any atom is -0.359 e. The molecule has 1 heterocycles. The van der Waals surface area contributed by atoms with Crippen LogP contribution in [0.5, 0.6) is 0 Å². The number of piperidine rings is 1. The molecule has 1 rings (SSSR count). The van der Waals surface area contributed by atoms with Crippen LogP contribution in [-0.2, 0) is 9.59 Å². The third kappa shape index (κ3) is 5.49. The molecule has 2 N–H and O–H groups in total. The number of rotatable bonds is 6. The summed E-state index contributed by atoms with van der Waals surface area (Å²) in [6.45, 7) is 1.57. The van der Waals surface area contributed by atoms with Crippen molar-refractivity contribution in [2.45, 2.75) is 44.6 Å². The first-order valence-electron chi connectivity index (χ1n) is 6.81. The summed E-state index contributed by atoms with van der Waals surface area (Å²) < 4.78 is 0. The third-order valence-corrected chi connectivity index (χ3v) is 3.50. The minimum atomic E-state index is -0.0244. The van der Waals surface area contributed by atoms with Crippen LogP contribution >= 0.6 is 0 Å². The average molecular weight is 255 g/mol. The summed E-state index contributed by atoms with van der Waals surface area (Å²) in [6.07, 6.45) is 5.54. The summed E-state index contributed by atoms with van der Waals surface area (Å²) in [5, 5.41) is 5.99. The van der Waals surface area contributed by atoms with Gasteiger partial charge in [0, 0.05) is 39.5 Å². The first kappa shape index (κ1) is 15.0. The minimum absolute atomic E-state index is 0.0244. The molecular weight excluding hydrogens is 230 g/mol. The van der Waals surface area contributed by atoms with Gasteiger partial charge in [0.25, 0.3) is 0 Å². The molecule has 1 aliphatic rings. The fourth-order valence-electron chi connectivity index (χ4n) is 2.18. The maximum absolute atomic E-state index is 11.9. The number of nitrogens with zero attached hydrogens (tertiary/aromatic N) is 1. The lowest BCUT2D eigenvalue weighted by Gasteiger charge is -2.24. The van der Waals surface area contributed by atoms with Crippen molar-refractivity contribution in [1.29, 1.82) is 0 Å². The molecule has 5 nitrogen and oxygen atoms in total. The summed E-state index contributed by atoms with van der Waals surface area (Å²) in [5.74, 6) is 0.106. The predicted molar refractivity (Wildman–Crippen MR) is 71.2 cm³/mol. The smallest absolute Gasteiger partial charge is 0.222 e. The van der Waals surface area contributed by atoms with Gasteiger partial charge < -0.3 is 15.5 Å². The summed E-state index contributed by atoms with van der Waals surface area (Å²) in [7, 11) is 3.37. The summed E-state index contributed by atoms with van der Waals surface area (Å²) in [5.41, 5.74) is 0. The van der Waals surface area contributed by atoms with Gasteiger partial charge in [0.2, 0.25) is 11.8 Å². The van der Waals surface area contributed by atoms with Crippen LogP contribution in [0.1, 0.15) is 38.5 Å². The van der Waals surface area contributed by atoms with Crippen LogP contribution < -0.4 is 10.6 Å². The Hall–Kier alpha value is -1.10. The Labute approximate surface area is 109 Å². The third-order valence-electron chi connectivity index (χ3n) is 3.50. The molecule has 1 atom stereocenters. The molecule has 2 amide bonds. The Morgan fingerprint density at radius 2 is 2.11 bits per heavy atom. The van der Waals surface area contributed by atoms with E-state index in [4.69, 9.17) is 0 Å². The second kappa shape index (κ2) is 8.08. The van der Waals surface area contributed by atoms with Gasteiger partial charge in [-0.25, -0.2) is 0 Å². The van der Waals surface area contributed by atoms with Crippen molar-refractivity contribution in [3.05, 3.63) is 0 Å². The van der Waals surface area contributed by atoms with E-state index in [0.29, 0.717) is 25.4 Å². The number of carbonyl (C=O) groups is 2. The molecule has 0 aliphatic carbocycles. The van der Waals surface area contributed by atoms with Crippen LogP contribution in [0.4, 0.5) is 0 Å². The maximum atomic E-state index is 11.9. The molecule has 0 bridgehead atoms. The predicted octanol–water partition coefficient (Wildman–Crippen LogP) is 0.503. The number of amides is 2. The number of hydrogen-bond acceptors (Lipinski definition) is 3. The molecule has 1 aliphatic heterocycles. The van der Waals surface area contributed by atoms with Gasteiger partial charge in [-0.1, -0.05) is 6.42 Å². The van der Waals surface area contributed by atoms with Crippen molar-refractivity contribution in [3.63, 3.8) is 0 Å². The molecule has 104 valence electrons. The van der Waals surface area contributed by atoms with Gasteiger partial charge in [0.15, 0.2) is 0 Å². The number of carbonyl (C=O) groups excluding carboxylic acids is 2. The molecule has 18 heavy (non-hydrogen) atoms. The lowest BCUT2D eigenvalue weighted by molar-refractivity contribution is -0.130. The maximum Gasteiger partial charge on any atom is 0.222 e. The van der Waals surface area contributed by atoms with Crippen LogP contribution in [0, 0.1) is 0 Å². The van der Waals surface area contributed by atoms with Crippen LogP contribution in [0.25, 0.3) is 0 Å². The lowest BCUT2D eigenvalue weighted by atomic mass is 10.0. The van der Waals surface area contributed by atoms with E-state index in [0.717, 1.165) is 13.0 Å². The molecule has 0 saturated carbocycles. The van der Waals surface area contributed by atoms with Crippen molar-refractivity contribution in [1.82, 2.24) is 15.5 Å². The SMILES string of the molecule is CNC(=O)CCN(C)C(=O)CCC1CCCCN1. The Morgan fingerprint density at radius 3 is 2.72 bits per heavy atom. The highest BCUT2D eigenvalue weighted by molar-refractivity contribution is 5.78. The Bertz CT molecular complexity index is 275. The number of hydrogen-bond donors (Lipinski definition) is 2. The largest absolute Gasteiger partial charge is 0.359 e. The molecule has 0 aromatic rings. The Morgan fingerprint density at radius 1 is 1.33 bits per heavy atom. The van der Waals surface area contributed by atoms with E-state index in [1.807, 2.05) is 0 Å². The lowest BCUT2D eigenvalue weighted by Crippen LogP contribution is -2.36. The van der Waals surface area contributed by atoms with E-state index in [1.165, 1.54) is 19.3 Å². The molecule has 0 aromatic heterocycles. The average Bonchev–Trinajstić information content (AvgIpc) is 2.42. The quantitative estimate of drug-likeness (QED) is 0.726. The van der Waals surface area contributed by atoms with Crippen molar-refractivity contribution in [3.8, 4) is 0 Å². The molecule has 0 radical (unpaired) electrons. The molecule has 1 saturated heterocycles. The van der Waals surface area contributed by atoms with E-state index < -0.39 is 0 Å². The summed E-state index contributed by atoms with van der Waals surface area (Å²) in [6, 6.07) is 0.495. The van der Waals surface area contributed by atoms with Gasteiger partial charge in [-0.05, 0) is 25.8 Å². The summed E-state index contributed by atoms with van der Waals surface area (Å²) >= 11 is 0. The van der Waals surface area contributed by atoms with Gasteiger partial charge in [0.1, 0.15) is 0 Å². The zero-order chi connectivity index (χ0) is 13.4. The second-order valence-corrected chi connectivity index (χ2v) is 4.92. The van der Waals surface area contributed by atoms with E-state index in [1.54, 1.807) is 19.0 Å². The monoisotopic (exact) mass is 255 g/mol. The van der Waals surface area contributed by atoms with Crippen LogP contribution in [-0.4, -0.2) is 49.9 Å². The highest BCUT2D eigenvalue weighted by Crippen LogP contribution is 2.12. The summed E-state index contributed by atoms with van der Waals surface area (Å²) in [4.78, 5) is 24.6. The van der Waals surface area contributed by atoms with Gasteiger partial charge in [-0.2, -0.15) is 0 Å². The highest BCUT2D eigenvalue weighted by Gasteiger charge is 2.16. The molecule has 1 unspecified atom stereocenters. The fourth-order valence-corrected chi connectivity index (χ4v) is 2.18. The molecule has 0 aromatic carbocycles. The molecule has 0 spiro atoms. The van der Waals surface area contributed by atoms with E-state index in [9.17, 15) is 9.59 Å². The van der Waals surface area contributed by atoms with Gasteiger partial charge in [-0.3, -0.25) is 9.59 Å². The first-order chi connectivity index (χ1) is 8.63. The standard InChI is InChI=1S/C13H25N3O2/c1-14-12(17)8-10-16(2)13(18)7-6-11-5-3-4-9-15-11/h11,15H,3-10H2,1-2H3,(H,14,17). The van der Waals surface area contributed by atoms with Crippen LogP contribution in [0.15, 0.2) is 0 Å². The Balaban J connectivity index is 2.16. The van der Waals surface area contributed by atoms with Gasteiger partial charge in [-0.15, -0.1) is 0 Å². The normalized spacial score (nSPS) is 19.3. The van der Waals surface area contributed by atoms with E-state index in [2.05, 4.69) is 10.6 Å². The van der Waals surface area contributed by atoms with Crippen molar-refractivity contribution < 1.29 is 9.59 Å². The molecule has 1 fully saturated rings. The van der Waals surface area contributed by atoms with Crippen molar-refractivity contribution in [2.75, 3.05) is 27.2 Å². The fraction of sp³-hybridized carbons (Fsp3) is 0.846. The van der Waals surface area contributed by atoms with Crippen molar-refractivity contribution >= 4 is 11.8 Å².